The van der Waals surface area contributed by atoms with E-state index in [1.165, 1.54) is 19.3 Å². The van der Waals surface area contributed by atoms with E-state index >= 15 is 0 Å². The lowest BCUT2D eigenvalue weighted by molar-refractivity contribution is -0.131. The molecule has 0 unspecified atom stereocenters. The first-order valence-corrected chi connectivity index (χ1v) is 7.99. The van der Waals surface area contributed by atoms with Gasteiger partial charge >= 0.3 is 0 Å². The molecular weight excluding hydrogens is 379 g/mol. The van der Waals surface area contributed by atoms with Crippen LogP contribution in [0.15, 0.2) is 4.99 Å². The Morgan fingerprint density at radius 2 is 1.71 bits per heavy atom. The number of halogens is 1. The standard InChI is InChI=1S/C15H28N4O.HI/c1-13-6-11-19(12-7-13)15(16)17-8-5-14(20)18-9-3-2-4-10-18;/h13H,2-12H2,1H3,(H2,16,17);1H. The number of piperidine rings is 2. The molecule has 0 radical (unpaired) electrons. The topological polar surface area (TPSA) is 61.9 Å². The summed E-state index contributed by atoms with van der Waals surface area (Å²) in [6.07, 6.45) is 6.39. The van der Waals surface area contributed by atoms with Crippen LogP contribution in [0.3, 0.4) is 0 Å². The molecule has 2 rings (SSSR count). The highest BCUT2D eigenvalue weighted by atomic mass is 127. The lowest BCUT2D eigenvalue weighted by Gasteiger charge is -2.31. The van der Waals surface area contributed by atoms with E-state index in [-0.39, 0.29) is 29.9 Å². The second-order valence-electron chi connectivity index (χ2n) is 6.10. The maximum atomic E-state index is 12.0. The van der Waals surface area contributed by atoms with Crippen LogP contribution in [0, 0.1) is 5.92 Å². The SMILES string of the molecule is CC1CCN(C(N)=NCCC(=O)N2CCCCC2)CC1.I. The van der Waals surface area contributed by atoms with E-state index in [0.717, 1.165) is 44.9 Å². The van der Waals surface area contributed by atoms with Crippen molar-refractivity contribution in [3.8, 4) is 0 Å². The monoisotopic (exact) mass is 408 g/mol. The quantitative estimate of drug-likeness (QED) is 0.442. The number of aliphatic imine (C=N–C) groups is 1. The number of hydrogen-bond donors (Lipinski definition) is 1. The molecule has 5 nitrogen and oxygen atoms in total. The van der Waals surface area contributed by atoms with Crippen LogP contribution in [0.25, 0.3) is 0 Å². The maximum Gasteiger partial charge on any atom is 0.224 e. The predicted molar refractivity (Wildman–Crippen MR) is 96.9 cm³/mol. The van der Waals surface area contributed by atoms with Crippen molar-refractivity contribution in [1.29, 1.82) is 0 Å². The number of nitrogens with zero attached hydrogens (tertiary/aromatic N) is 3. The average Bonchev–Trinajstić information content (AvgIpc) is 2.48. The summed E-state index contributed by atoms with van der Waals surface area (Å²) in [6.45, 7) is 6.63. The van der Waals surface area contributed by atoms with Gasteiger partial charge in [0.25, 0.3) is 0 Å². The van der Waals surface area contributed by atoms with E-state index in [2.05, 4.69) is 16.8 Å². The third kappa shape index (κ3) is 6.00. The smallest absolute Gasteiger partial charge is 0.224 e. The van der Waals surface area contributed by atoms with Crippen LogP contribution in [-0.4, -0.2) is 54.4 Å². The summed E-state index contributed by atoms with van der Waals surface area (Å²) in [6, 6.07) is 0. The Hall–Kier alpha value is -0.530. The van der Waals surface area contributed by atoms with Gasteiger partial charge in [-0.1, -0.05) is 6.92 Å². The van der Waals surface area contributed by atoms with Gasteiger partial charge in [-0.2, -0.15) is 0 Å². The summed E-state index contributed by atoms with van der Waals surface area (Å²) >= 11 is 0. The van der Waals surface area contributed by atoms with Gasteiger partial charge in [-0.25, -0.2) is 0 Å². The number of guanidine groups is 1. The minimum atomic E-state index is 0. The molecule has 2 fully saturated rings. The minimum Gasteiger partial charge on any atom is -0.370 e. The zero-order chi connectivity index (χ0) is 14.4. The molecule has 0 bridgehead atoms. The number of likely N-dealkylation sites (tertiary alicyclic amines) is 2. The highest BCUT2D eigenvalue weighted by molar-refractivity contribution is 14.0. The Balaban J connectivity index is 0.00000220. The van der Waals surface area contributed by atoms with Crippen molar-refractivity contribution in [2.75, 3.05) is 32.7 Å². The van der Waals surface area contributed by atoms with Gasteiger partial charge in [0.15, 0.2) is 5.96 Å². The van der Waals surface area contributed by atoms with Crippen LogP contribution >= 0.6 is 24.0 Å². The highest BCUT2D eigenvalue weighted by Gasteiger charge is 2.18. The molecule has 1 amide bonds. The molecule has 0 saturated carbocycles. The molecule has 0 aromatic rings. The fourth-order valence-electron chi connectivity index (χ4n) is 2.91. The van der Waals surface area contributed by atoms with E-state index < -0.39 is 0 Å². The Morgan fingerprint density at radius 1 is 1.10 bits per heavy atom. The van der Waals surface area contributed by atoms with Crippen LogP contribution in [0.1, 0.15) is 45.4 Å². The summed E-state index contributed by atoms with van der Waals surface area (Å²) in [5, 5.41) is 0. The summed E-state index contributed by atoms with van der Waals surface area (Å²) in [5.74, 6) is 1.64. The molecule has 2 aliphatic heterocycles. The van der Waals surface area contributed by atoms with Gasteiger partial charge in [0.1, 0.15) is 0 Å². The molecule has 2 saturated heterocycles. The molecule has 2 N–H and O–H groups in total. The maximum absolute atomic E-state index is 12.0. The molecule has 0 aliphatic carbocycles. The van der Waals surface area contributed by atoms with Gasteiger partial charge in [0, 0.05) is 32.6 Å². The Labute approximate surface area is 145 Å². The fraction of sp³-hybridized carbons (Fsp3) is 0.867. The molecule has 122 valence electrons. The van der Waals surface area contributed by atoms with Gasteiger partial charge < -0.3 is 15.5 Å². The van der Waals surface area contributed by atoms with Crippen molar-refractivity contribution in [2.45, 2.75) is 45.4 Å². The van der Waals surface area contributed by atoms with Gasteiger partial charge in [-0.05, 0) is 38.0 Å². The summed E-state index contributed by atoms with van der Waals surface area (Å²) in [7, 11) is 0. The first-order chi connectivity index (χ1) is 9.66. The number of carbonyl (C=O) groups is 1. The molecule has 0 aromatic carbocycles. The zero-order valence-corrected chi connectivity index (χ0v) is 15.4. The number of rotatable bonds is 3. The fourth-order valence-corrected chi connectivity index (χ4v) is 2.91. The molecule has 2 aliphatic rings. The molecule has 2 heterocycles. The highest BCUT2D eigenvalue weighted by Crippen LogP contribution is 2.15. The normalized spacial score (nSPS) is 21.1. The largest absolute Gasteiger partial charge is 0.370 e. The first-order valence-electron chi connectivity index (χ1n) is 7.99. The van der Waals surface area contributed by atoms with Crippen molar-refractivity contribution in [3.63, 3.8) is 0 Å². The van der Waals surface area contributed by atoms with Crippen LogP contribution in [-0.2, 0) is 4.79 Å². The first kappa shape index (κ1) is 18.5. The average molecular weight is 408 g/mol. The van der Waals surface area contributed by atoms with Crippen LogP contribution < -0.4 is 5.73 Å². The molecule has 21 heavy (non-hydrogen) atoms. The minimum absolute atomic E-state index is 0. The molecule has 6 heteroatoms. The summed E-state index contributed by atoms with van der Waals surface area (Å²) in [5.41, 5.74) is 6.01. The van der Waals surface area contributed by atoms with Crippen molar-refractivity contribution in [1.82, 2.24) is 9.80 Å². The van der Waals surface area contributed by atoms with Gasteiger partial charge in [0.2, 0.25) is 5.91 Å². The Kier molecular flexibility index (Phi) is 8.36. The molecule has 0 atom stereocenters. The number of hydrogen-bond acceptors (Lipinski definition) is 2. The summed E-state index contributed by atoms with van der Waals surface area (Å²) < 4.78 is 0. The number of carbonyl (C=O) groups excluding carboxylic acids is 1. The van der Waals surface area contributed by atoms with Crippen LogP contribution in [0.4, 0.5) is 0 Å². The van der Waals surface area contributed by atoms with E-state index in [0.29, 0.717) is 18.9 Å². The van der Waals surface area contributed by atoms with Crippen molar-refractivity contribution >= 4 is 35.8 Å². The van der Waals surface area contributed by atoms with E-state index in [9.17, 15) is 4.79 Å². The third-order valence-corrected chi connectivity index (χ3v) is 4.42. The second-order valence-corrected chi connectivity index (χ2v) is 6.10. The lowest BCUT2D eigenvalue weighted by Crippen LogP contribution is -2.42. The van der Waals surface area contributed by atoms with Gasteiger partial charge in [-0.15, -0.1) is 24.0 Å². The lowest BCUT2D eigenvalue weighted by atomic mass is 10.00. The van der Waals surface area contributed by atoms with Gasteiger partial charge in [0.05, 0.1) is 6.54 Å². The Bertz CT molecular complexity index is 348. The van der Waals surface area contributed by atoms with E-state index in [4.69, 9.17) is 5.73 Å². The third-order valence-electron chi connectivity index (χ3n) is 4.42. The van der Waals surface area contributed by atoms with Crippen LogP contribution in [0.5, 0.6) is 0 Å². The van der Waals surface area contributed by atoms with E-state index in [1.807, 2.05) is 4.90 Å². The van der Waals surface area contributed by atoms with Gasteiger partial charge in [-0.3, -0.25) is 9.79 Å². The van der Waals surface area contributed by atoms with Crippen molar-refractivity contribution < 1.29 is 4.79 Å². The molecule has 0 aromatic heterocycles. The summed E-state index contributed by atoms with van der Waals surface area (Å²) in [4.78, 5) is 20.5. The molecular formula is C15H29IN4O. The second kappa shape index (κ2) is 9.48. The number of nitrogens with two attached hydrogens (primary N) is 1. The predicted octanol–water partition coefficient (Wildman–Crippen LogP) is 2.05. The van der Waals surface area contributed by atoms with Crippen molar-refractivity contribution in [2.24, 2.45) is 16.6 Å². The molecule has 0 spiro atoms. The van der Waals surface area contributed by atoms with Crippen molar-refractivity contribution in [3.05, 3.63) is 0 Å². The Morgan fingerprint density at radius 3 is 2.33 bits per heavy atom. The van der Waals surface area contributed by atoms with Crippen LogP contribution in [0.2, 0.25) is 0 Å². The van der Waals surface area contributed by atoms with E-state index in [1.54, 1.807) is 0 Å². The number of amides is 1. The zero-order valence-electron chi connectivity index (χ0n) is 13.1.